The summed E-state index contributed by atoms with van der Waals surface area (Å²) in [6.45, 7) is 4.13. The topological polar surface area (TPSA) is 39.9 Å². The van der Waals surface area contributed by atoms with Gasteiger partial charge in [-0.05, 0) is 28.1 Å². The highest BCUT2D eigenvalue weighted by Gasteiger charge is 2.22. The van der Waals surface area contributed by atoms with E-state index >= 15 is 0 Å². The standard InChI is InChI=1S/C12H18BrN3O2/c1-14(2)12(17)16-7-5-15(6-8-16)9-10-3-4-11(13)18-10/h3-4H,5-9H2,1-2H3. The minimum absolute atomic E-state index is 0.0930. The highest BCUT2D eigenvalue weighted by Crippen LogP contribution is 2.16. The Morgan fingerprint density at radius 2 is 2.00 bits per heavy atom. The van der Waals surface area contributed by atoms with Crippen LogP contribution in [0.2, 0.25) is 0 Å². The van der Waals surface area contributed by atoms with Gasteiger partial charge in [0, 0.05) is 40.3 Å². The normalized spacial score (nSPS) is 16.9. The quantitative estimate of drug-likeness (QED) is 0.836. The summed E-state index contributed by atoms with van der Waals surface area (Å²) >= 11 is 3.30. The van der Waals surface area contributed by atoms with E-state index in [1.807, 2.05) is 17.0 Å². The molecule has 0 aromatic carbocycles. The van der Waals surface area contributed by atoms with Crippen molar-refractivity contribution in [2.45, 2.75) is 6.54 Å². The molecule has 2 heterocycles. The number of carbonyl (C=O) groups excluding carboxylic acids is 1. The second-order valence-electron chi connectivity index (χ2n) is 4.65. The van der Waals surface area contributed by atoms with Crippen molar-refractivity contribution in [2.75, 3.05) is 40.3 Å². The molecule has 1 aliphatic rings. The van der Waals surface area contributed by atoms with Gasteiger partial charge in [0.2, 0.25) is 0 Å². The first kappa shape index (κ1) is 13.4. The van der Waals surface area contributed by atoms with E-state index in [-0.39, 0.29) is 6.03 Å². The van der Waals surface area contributed by atoms with Crippen molar-refractivity contribution >= 4 is 22.0 Å². The third-order valence-electron chi connectivity index (χ3n) is 3.03. The SMILES string of the molecule is CN(C)C(=O)N1CCN(Cc2ccc(Br)o2)CC1. The van der Waals surface area contributed by atoms with Crippen LogP contribution in [0, 0.1) is 0 Å². The van der Waals surface area contributed by atoms with E-state index in [4.69, 9.17) is 4.42 Å². The number of furan rings is 1. The summed E-state index contributed by atoms with van der Waals surface area (Å²) < 4.78 is 6.25. The molecule has 1 saturated heterocycles. The van der Waals surface area contributed by atoms with Gasteiger partial charge in [-0.15, -0.1) is 0 Å². The highest BCUT2D eigenvalue weighted by atomic mass is 79.9. The molecule has 18 heavy (non-hydrogen) atoms. The smallest absolute Gasteiger partial charge is 0.319 e. The molecule has 1 aromatic rings. The van der Waals surface area contributed by atoms with E-state index in [0.717, 1.165) is 43.2 Å². The van der Waals surface area contributed by atoms with Gasteiger partial charge in [-0.1, -0.05) is 0 Å². The van der Waals surface area contributed by atoms with E-state index < -0.39 is 0 Å². The molecule has 1 aromatic heterocycles. The van der Waals surface area contributed by atoms with Crippen LogP contribution in [0.15, 0.2) is 21.2 Å². The number of piperazine rings is 1. The molecular weight excluding hydrogens is 298 g/mol. The second kappa shape index (κ2) is 5.75. The summed E-state index contributed by atoms with van der Waals surface area (Å²) in [6, 6.07) is 3.97. The van der Waals surface area contributed by atoms with Gasteiger partial charge in [-0.3, -0.25) is 4.90 Å². The van der Waals surface area contributed by atoms with Crippen LogP contribution in [-0.2, 0) is 6.54 Å². The number of halogens is 1. The summed E-state index contributed by atoms with van der Waals surface area (Å²) in [5.74, 6) is 0.953. The Balaban J connectivity index is 1.82. The number of nitrogens with zero attached hydrogens (tertiary/aromatic N) is 3. The summed E-state index contributed by atoms with van der Waals surface area (Å²) in [6.07, 6.45) is 0. The Bertz CT molecular complexity index is 411. The van der Waals surface area contributed by atoms with Crippen LogP contribution >= 0.6 is 15.9 Å². The minimum atomic E-state index is 0.0930. The van der Waals surface area contributed by atoms with Crippen LogP contribution in [0.1, 0.15) is 5.76 Å². The summed E-state index contributed by atoms with van der Waals surface area (Å²) in [7, 11) is 3.57. The van der Waals surface area contributed by atoms with Gasteiger partial charge < -0.3 is 14.2 Å². The van der Waals surface area contributed by atoms with Crippen molar-refractivity contribution in [3.05, 3.63) is 22.6 Å². The zero-order valence-corrected chi connectivity index (χ0v) is 12.3. The molecule has 1 aliphatic heterocycles. The fourth-order valence-electron chi connectivity index (χ4n) is 2.04. The number of carbonyl (C=O) groups is 1. The lowest BCUT2D eigenvalue weighted by atomic mass is 10.3. The predicted molar refractivity (Wildman–Crippen MR) is 72.3 cm³/mol. The van der Waals surface area contributed by atoms with Crippen LogP contribution in [0.25, 0.3) is 0 Å². The van der Waals surface area contributed by atoms with Gasteiger partial charge in [-0.2, -0.15) is 0 Å². The lowest BCUT2D eigenvalue weighted by molar-refractivity contribution is 0.116. The molecule has 0 N–H and O–H groups in total. The summed E-state index contributed by atoms with van der Waals surface area (Å²) in [5.41, 5.74) is 0. The molecule has 0 spiro atoms. The Labute approximate surface area is 115 Å². The average Bonchev–Trinajstić information content (AvgIpc) is 2.75. The fraction of sp³-hybridized carbons (Fsp3) is 0.583. The number of hydrogen-bond acceptors (Lipinski definition) is 3. The molecule has 0 atom stereocenters. The van der Waals surface area contributed by atoms with E-state index in [1.54, 1.807) is 19.0 Å². The first-order valence-electron chi connectivity index (χ1n) is 5.99. The maximum atomic E-state index is 11.8. The average molecular weight is 316 g/mol. The van der Waals surface area contributed by atoms with Crippen LogP contribution in [0.3, 0.4) is 0 Å². The first-order chi connectivity index (χ1) is 8.56. The van der Waals surface area contributed by atoms with Crippen LogP contribution in [-0.4, -0.2) is 61.0 Å². The molecule has 1 fully saturated rings. The number of urea groups is 1. The lowest BCUT2D eigenvalue weighted by Crippen LogP contribution is -2.51. The van der Waals surface area contributed by atoms with Gasteiger partial charge in [0.1, 0.15) is 5.76 Å². The maximum Gasteiger partial charge on any atom is 0.319 e. The fourth-order valence-corrected chi connectivity index (χ4v) is 2.38. The van der Waals surface area contributed by atoms with Crippen LogP contribution in [0.5, 0.6) is 0 Å². The third kappa shape index (κ3) is 3.26. The van der Waals surface area contributed by atoms with Crippen molar-refractivity contribution in [3.8, 4) is 0 Å². The van der Waals surface area contributed by atoms with E-state index in [9.17, 15) is 4.79 Å². The molecule has 100 valence electrons. The lowest BCUT2D eigenvalue weighted by Gasteiger charge is -2.35. The van der Waals surface area contributed by atoms with E-state index in [0.29, 0.717) is 0 Å². The molecular formula is C12H18BrN3O2. The molecule has 0 saturated carbocycles. The van der Waals surface area contributed by atoms with Crippen LogP contribution < -0.4 is 0 Å². The zero-order chi connectivity index (χ0) is 13.1. The van der Waals surface area contributed by atoms with Crippen molar-refractivity contribution < 1.29 is 9.21 Å². The molecule has 5 nitrogen and oxygen atoms in total. The van der Waals surface area contributed by atoms with Gasteiger partial charge in [0.25, 0.3) is 0 Å². The van der Waals surface area contributed by atoms with Gasteiger partial charge in [0.15, 0.2) is 4.67 Å². The van der Waals surface area contributed by atoms with E-state index in [2.05, 4.69) is 20.8 Å². The van der Waals surface area contributed by atoms with Gasteiger partial charge >= 0.3 is 6.03 Å². The highest BCUT2D eigenvalue weighted by molar-refractivity contribution is 9.10. The van der Waals surface area contributed by atoms with Crippen molar-refractivity contribution in [1.29, 1.82) is 0 Å². The molecule has 2 amide bonds. The van der Waals surface area contributed by atoms with Crippen LogP contribution in [0.4, 0.5) is 4.79 Å². The summed E-state index contributed by atoms with van der Waals surface area (Å²) in [4.78, 5) is 17.6. The third-order valence-corrected chi connectivity index (χ3v) is 3.46. The Morgan fingerprint density at radius 1 is 1.33 bits per heavy atom. The number of rotatable bonds is 2. The minimum Gasteiger partial charge on any atom is -0.453 e. The zero-order valence-electron chi connectivity index (χ0n) is 10.7. The largest absolute Gasteiger partial charge is 0.453 e. The van der Waals surface area contributed by atoms with Crippen molar-refractivity contribution in [2.24, 2.45) is 0 Å². The van der Waals surface area contributed by atoms with E-state index in [1.165, 1.54) is 0 Å². The number of hydrogen-bond donors (Lipinski definition) is 0. The van der Waals surface area contributed by atoms with Gasteiger partial charge in [0.05, 0.1) is 6.54 Å². The van der Waals surface area contributed by atoms with Crippen molar-refractivity contribution in [1.82, 2.24) is 14.7 Å². The molecule has 0 bridgehead atoms. The molecule has 0 aliphatic carbocycles. The maximum absolute atomic E-state index is 11.8. The molecule has 0 radical (unpaired) electrons. The summed E-state index contributed by atoms with van der Waals surface area (Å²) in [5, 5.41) is 0. The molecule has 0 unspecified atom stereocenters. The molecule has 2 rings (SSSR count). The Morgan fingerprint density at radius 3 is 2.50 bits per heavy atom. The molecule has 6 heteroatoms. The predicted octanol–water partition coefficient (Wildman–Crippen LogP) is 1.84. The monoisotopic (exact) mass is 315 g/mol. The van der Waals surface area contributed by atoms with Crippen molar-refractivity contribution in [3.63, 3.8) is 0 Å². The Kier molecular flexibility index (Phi) is 4.29. The number of amides is 2. The van der Waals surface area contributed by atoms with Gasteiger partial charge in [-0.25, -0.2) is 4.79 Å². The second-order valence-corrected chi connectivity index (χ2v) is 5.43. The Hall–Kier alpha value is -1.01. The first-order valence-corrected chi connectivity index (χ1v) is 6.78.